The Morgan fingerprint density at radius 2 is 1.20 bits per heavy atom. The van der Waals surface area contributed by atoms with Crippen LogP contribution in [-0.2, 0) is 19.9 Å². The average molecular weight is 478 g/mol. The Morgan fingerprint density at radius 1 is 0.771 bits per heavy atom. The van der Waals surface area contributed by atoms with Crippen LogP contribution in [0.2, 0.25) is 0 Å². The summed E-state index contributed by atoms with van der Waals surface area (Å²) in [5.74, 6) is -3.46. The van der Waals surface area contributed by atoms with Crippen molar-refractivity contribution in [2.75, 3.05) is 14.2 Å². The second-order valence-electron chi connectivity index (χ2n) is 7.96. The number of rotatable bonds is 12. The van der Waals surface area contributed by atoms with Gasteiger partial charge in [0, 0.05) is 0 Å². The zero-order valence-electron chi connectivity index (χ0n) is 19.7. The Morgan fingerprint density at radius 3 is 1.57 bits per heavy atom. The quantitative estimate of drug-likeness (QED) is 0.286. The summed E-state index contributed by atoms with van der Waals surface area (Å²) in [6, 6.07) is 23.7. The summed E-state index contributed by atoms with van der Waals surface area (Å²) in [5, 5.41) is 19.5. The van der Waals surface area contributed by atoms with E-state index in [0.29, 0.717) is 28.2 Å². The number of benzene rings is 3. The number of carboxylic acid groups (broad SMARTS) is 2. The van der Waals surface area contributed by atoms with E-state index in [-0.39, 0.29) is 12.8 Å². The fourth-order valence-corrected chi connectivity index (χ4v) is 4.17. The summed E-state index contributed by atoms with van der Waals surface area (Å²) >= 11 is 0. The summed E-state index contributed by atoms with van der Waals surface area (Å²) in [7, 11) is 3.13. The van der Waals surface area contributed by atoms with Gasteiger partial charge in [0.1, 0.15) is 17.1 Å². The molecule has 0 spiro atoms. The zero-order valence-corrected chi connectivity index (χ0v) is 19.7. The van der Waals surface area contributed by atoms with E-state index < -0.39 is 29.6 Å². The van der Waals surface area contributed by atoms with Gasteiger partial charge in [-0.25, -0.2) is 0 Å². The number of ether oxygens (including phenoxy) is 3. The molecule has 0 aliphatic carbocycles. The highest BCUT2D eigenvalue weighted by Crippen LogP contribution is 2.44. The number of carboxylic acids is 2. The second kappa shape index (κ2) is 11.5. The number of hydrogen-bond acceptors (Lipinski definition) is 5. The molecule has 1 unspecified atom stereocenters. The van der Waals surface area contributed by atoms with Gasteiger partial charge in [-0.15, -0.1) is 0 Å². The maximum absolute atomic E-state index is 12.0. The van der Waals surface area contributed by atoms with Crippen LogP contribution in [0.15, 0.2) is 78.9 Å². The third-order valence-electron chi connectivity index (χ3n) is 5.89. The number of methoxy groups -OCH3 is 2. The van der Waals surface area contributed by atoms with Crippen LogP contribution in [0, 0.1) is 12.8 Å². The number of aliphatic carboxylic acids is 2. The van der Waals surface area contributed by atoms with E-state index in [9.17, 15) is 19.8 Å². The first-order chi connectivity index (χ1) is 16.9. The SMILES string of the molecule is [CH2]CCC(OC(c1ccccc1)(c1ccc(OC)cc1)c1ccc(OC)cc1)C(C(=O)O)C(=O)O. The van der Waals surface area contributed by atoms with Crippen LogP contribution in [0.3, 0.4) is 0 Å². The van der Waals surface area contributed by atoms with Crippen LogP contribution in [0.4, 0.5) is 0 Å². The standard InChI is InChI=1S/C28H29O7/c1-4-8-24(25(26(29)30)27(31)32)35-28(19-9-6-5-7-10-19,20-11-15-22(33-2)16-12-20)21-13-17-23(34-3)18-14-21/h5-7,9-18,24-25H,1,4,8H2,2-3H3,(H,29,30)(H,31,32). The summed E-state index contributed by atoms with van der Waals surface area (Å²) in [6.45, 7) is 3.82. The molecule has 0 amide bonds. The Labute approximate surface area is 204 Å². The van der Waals surface area contributed by atoms with E-state index in [1.807, 2.05) is 54.6 Å². The lowest BCUT2D eigenvalue weighted by Crippen LogP contribution is -2.44. The highest BCUT2D eigenvalue weighted by Gasteiger charge is 2.45. The monoisotopic (exact) mass is 477 g/mol. The van der Waals surface area contributed by atoms with Crippen LogP contribution in [0.1, 0.15) is 29.5 Å². The lowest BCUT2D eigenvalue weighted by atomic mass is 9.79. The third kappa shape index (κ3) is 5.46. The van der Waals surface area contributed by atoms with Crippen molar-refractivity contribution in [3.05, 3.63) is 102 Å². The molecular formula is C28H29O7. The van der Waals surface area contributed by atoms with Crippen LogP contribution in [-0.4, -0.2) is 42.5 Å². The van der Waals surface area contributed by atoms with E-state index in [2.05, 4.69) is 6.92 Å². The molecular weight excluding hydrogens is 448 g/mol. The molecule has 2 N–H and O–H groups in total. The molecule has 0 heterocycles. The topological polar surface area (TPSA) is 102 Å². The van der Waals surface area contributed by atoms with Crippen molar-refractivity contribution in [2.24, 2.45) is 5.92 Å². The molecule has 7 heteroatoms. The van der Waals surface area contributed by atoms with Gasteiger partial charge in [0.05, 0.1) is 20.3 Å². The van der Waals surface area contributed by atoms with Crippen LogP contribution < -0.4 is 9.47 Å². The molecule has 0 aliphatic heterocycles. The maximum atomic E-state index is 12.0. The van der Waals surface area contributed by atoms with Crippen LogP contribution in [0.5, 0.6) is 11.5 Å². The van der Waals surface area contributed by atoms with Crippen LogP contribution >= 0.6 is 0 Å². The smallest absolute Gasteiger partial charge is 0.320 e. The Bertz CT molecular complexity index is 1050. The van der Waals surface area contributed by atoms with Gasteiger partial charge >= 0.3 is 11.9 Å². The summed E-state index contributed by atoms with van der Waals surface area (Å²) < 4.78 is 17.3. The van der Waals surface area contributed by atoms with Crippen molar-refractivity contribution >= 4 is 11.9 Å². The molecule has 3 aromatic rings. The normalized spacial score (nSPS) is 12.2. The van der Waals surface area contributed by atoms with Gasteiger partial charge in [0.25, 0.3) is 0 Å². The van der Waals surface area contributed by atoms with E-state index in [1.165, 1.54) is 0 Å². The van der Waals surface area contributed by atoms with Crippen molar-refractivity contribution in [1.29, 1.82) is 0 Å². The Balaban J connectivity index is 2.32. The van der Waals surface area contributed by atoms with Gasteiger partial charge < -0.3 is 24.4 Å². The van der Waals surface area contributed by atoms with Gasteiger partial charge in [0.15, 0.2) is 5.92 Å². The third-order valence-corrected chi connectivity index (χ3v) is 5.89. The van der Waals surface area contributed by atoms with E-state index in [0.717, 1.165) is 0 Å². The first-order valence-electron chi connectivity index (χ1n) is 11.1. The Kier molecular flexibility index (Phi) is 8.49. The van der Waals surface area contributed by atoms with E-state index >= 15 is 0 Å². The van der Waals surface area contributed by atoms with E-state index in [4.69, 9.17) is 14.2 Å². The minimum atomic E-state index is -1.78. The molecule has 0 aromatic heterocycles. The fourth-order valence-electron chi connectivity index (χ4n) is 4.17. The van der Waals surface area contributed by atoms with Gasteiger partial charge in [-0.3, -0.25) is 9.59 Å². The molecule has 183 valence electrons. The molecule has 0 saturated carbocycles. The van der Waals surface area contributed by atoms with Crippen molar-refractivity contribution in [3.63, 3.8) is 0 Å². The molecule has 0 fully saturated rings. The lowest BCUT2D eigenvalue weighted by molar-refractivity contribution is -0.167. The van der Waals surface area contributed by atoms with Gasteiger partial charge in [-0.05, 0) is 47.4 Å². The predicted octanol–water partition coefficient (Wildman–Crippen LogP) is 4.78. The highest BCUT2D eigenvalue weighted by atomic mass is 16.5. The van der Waals surface area contributed by atoms with Crippen molar-refractivity contribution in [3.8, 4) is 11.5 Å². The minimum Gasteiger partial charge on any atom is -0.497 e. The largest absolute Gasteiger partial charge is 0.497 e. The Hall–Kier alpha value is -3.84. The summed E-state index contributed by atoms with van der Waals surface area (Å²) in [4.78, 5) is 24.0. The number of hydrogen-bond donors (Lipinski definition) is 2. The molecule has 0 bridgehead atoms. The molecule has 3 rings (SSSR count). The van der Waals surface area contributed by atoms with Crippen LogP contribution in [0.25, 0.3) is 0 Å². The first kappa shape index (κ1) is 25.8. The molecule has 1 atom stereocenters. The summed E-state index contributed by atoms with van der Waals surface area (Å²) in [6.07, 6.45) is -0.756. The van der Waals surface area contributed by atoms with Crippen molar-refractivity contribution in [1.82, 2.24) is 0 Å². The van der Waals surface area contributed by atoms with Gasteiger partial charge in [0.2, 0.25) is 0 Å². The number of carbonyl (C=O) groups is 2. The first-order valence-corrected chi connectivity index (χ1v) is 11.1. The van der Waals surface area contributed by atoms with Gasteiger partial charge in [-0.2, -0.15) is 0 Å². The summed E-state index contributed by atoms with van der Waals surface area (Å²) in [5.41, 5.74) is 0.735. The lowest BCUT2D eigenvalue weighted by Gasteiger charge is -2.40. The molecule has 0 saturated heterocycles. The maximum Gasteiger partial charge on any atom is 0.320 e. The fraction of sp³-hybridized carbons (Fsp3) is 0.250. The molecule has 35 heavy (non-hydrogen) atoms. The van der Waals surface area contributed by atoms with Crippen molar-refractivity contribution < 1.29 is 34.0 Å². The van der Waals surface area contributed by atoms with Gasteiger partial charge in [-0.1, -0.05) is 67.9 Å². The van der Waals surface area contributed by atoms with Crippen molar-refractivity contribution in [2.45, 2.75) is 24.5 Å². The minimum absolute atomic E-state index is 0.129. The molecule has 0 aliphatic rings. The average Bonchev–Trinajstić information content (AvgIpc) is 2.87. The molecule has 3 aromatic carbocycles. The van der Waals surface area contributed by atoms with E-state index in [1.54, 1.807) is 38.5 Å². The zero-order chi connectivity index (χ0) is 25.4. The second-order valence-corrected chi connectivity index (χ2v) is 7.96. The molecule has 7 nitrogen and oxygen atoms in total. The molecule has 1 radical (unpaired) electrons. The highest BCUT2D eigenvalue weighted by molar-refractivity contribution is 5.93. The predicted molar refractivity (Wildman–Crippen MR) is 131 cm³/mol.